The Balaban J connectivity index is 1.59. The van der Waals surface area contributed by atoms with Gasteiger partial charge in [-0.05, 0) is 18.9 Å². The Morgan fingerprint density at radius 3 is 2.73 bits per heavy atom. The Morgan fingerprint density at radius 1 is 1.32 bits per heavy atom. The second-order valence-electron chi connectivity index (χ2n) is 6.07. The third-order valence-electron chi connectivity index (χ3n) is 4.75. The van der Waals surface area contributed by atoms with Crippen molar-refractivity contribution < 1.29 is 9.53 Å². The average molecular weight is 304 g/mol. The van der Waals surface area contributed by atoms with Gasteiger partial charge in [-0.25, -0.2) is 4.98 Å². The van der Waals surface area contributed by atoms with Gasteiger partial charge in [-0.3, -0.25) is 4.79 Å². The van der Waals surface area contributed by atoms with Crippen molar-refractivity contribution in [1.29, 1.82) is 0 Å². The fraction of sp³-hybridized carbons (Fsp3) is 0.625. The number of hydrogen-bond acceptors (Lipinski definition) is 5. The molecule has 0 unspecified atom stereocenters. The van der Waals surface area contributed by atoms with Crippen LogP contribution in [0.15, 0.2) is 18.3 Å². The van der Waals surface area contributed by atoms with Crippen LogP contribution in [0, 0.1) is 5.92 Å². The molecule has 3 rings (SSSR count). The van der Waals surface area contributed by atoms with Crippen LogP contribution in [-0.2, 0) is 4.79 Å². The van der Waals surface area contributed by atoms with E-state index in [1.807, 2.05) is 17.0 Å². The van der Waals surface area contributed by atoms with Crippen LogP contribution in [0.2, 0.25) is 0 Å². The van der Waals surface area contributed by atoms with Crippen molar-refractivity contribution in [3.8, 4) is 5.75 Å². The molecule has 6 nitrogen and oxygen atoms in total. The lowest BCUT2D eigenvalue weighted by atomic mass is 10.0. The number of piperazine rings is 1. The summed E-state index contributed by atoms with van der Waals surface area (Å²) >= 11 is 0. The summed E-state index contributed by atoms with van der Waals surface area (Å²) in [7, 11) is 1.65. The highest BCUT2D eigenvalue weighted by Crippen LogP contribution is 2.27. The van der Waals surface area contributed by atoms with E-state index in [4.69, 9.17) is 10.5 Å². The summed E-state index contributed by atoms with van der Waals surface area (Å²) < 4.78 is 5.24. The molecule has 1 saturated carbocycles. The first-order valence-corrected chi connectivity index (χ1v) is 7.98. The number of pyridine rings is 1. The van der Waals surface area contributed by atoms with Crippen LogP contribution in [0.25, 0.3) is 0 Å². The standard InChI is InChI=1S/C16H24N4O2/c1-22-12-5-6-18-15(11-12)19-7-9-20(10-8-19)16(21)13-3-2-4-14(13)17/h5-6,11,13-14H,2-4,7-10,17H2,1H3/t13-,14-/m0/s1. The second kappa shape index (κ2) is 6.52. The van der Waals surface area contributed by atoms with E-state index in [2.05, 4.69) is 9.88 Å². The van der Waals surface area contributed by atoms with Gasteiger partial charge in [0.05, 0.1) is 13.0 Å². The number of rotatable bonds is 3. The molecule has 0 bridgehead atoms. The number of nitrogens with two attached hydrogens (primary N) is 1. The van der Waals surface area contributed by atoms with Gasteiger partial charge in [0.25, 0.3) is 0 Å². The first kappa shape index (κ1) is 15.1. The van der Waals surface area contributed by atoms with Gasteiger partial charge in [-0.15, -0.1) is 0 Å². The van der Waals surface area contributed by atoms with E-state index in [-0.39, 0.29) is 17.9 Å². The number of amides is 1. The fourth-order valence-electron chi connectivity index (χ4n) is 3.39. The highest BCUT2D eigenvalue weighted by molar-refractivity contribution is 5.80. The molecule has 2 N–H and O–H groups in total. The molecule has 1 aromatic heterocycles. The maximum Gasteiger partial charge on any atom is 0.227 e. The summed E-state index contributed by atoms with van der Waals surface area (Å²) in [5, 5.41) is 0. The average Bonchev–Trinajstić information content (AvgIpc) is 3.00. The maximum absolute atomic E-state index is 12.5. The number of ether oxygens (including phenoxy) is 1. The topological polar surface area (TPSA) is 71.7 Å². The highest BCUT2D eigenvalue weighted by Gasteiger charge is 2.34. The van der Waals surface area contributed by atoms with Gasteiger partial charge in [-0.2, -0.15) is 0 Å². The van der Waals surface area contributed by atoms with Crippen molar-refractivity contribution in [2.45, 2.75) is 25.3 Å². The molecule has 1 saturated heterocycles. The molecule has 2 heterocycles. The lowest BCUT2D eigenvalue weighted by molar-refractivity contribution is -0.136. The van der Waals surface area contributed by atoms with Crippen molar-refractivity contribution in [2.24, 2.45) is 11.7 Å². The Kier molecular flexibility index (Phi) is 4.47. The summed E-state index contributed by atoms with van der Waals surface area (Å²) in [5.41, 5.74) is 6.06. The zero-order valence-corrected chi connectivity index (χ0v) is 13.1. The highest BCUT2D eigenvalue weighted by atomic mass is 16.5. The maximum atomic E-state index is 12.5. The summed E-state index contributed by atoms with van der Waals surface area (Å²) in [5.74, 6) is 1.98. The van der Waals surface area contributed by atoms with Crippen LogP contribution in [0.3, 0.4) is 0 Å². The molecule has 2 atom stereocenters. The van der Waals surface area contributed by atoms with Gasteiger partial charge < -0.3 is 20.3 Å². The van der Waals surface area contributed by atoms with E-state index >= 15 is 0 Å². The van der Waals surface area contributed by atoms with Crippen molar-refractivity contribution in [2.75, 3.05) is 38.2 Å². The van der Waals surface area contributed by atoms with E-state index in [9.17, 15) is 4.79 Å². The minimum absolute atomic E-state index is 0.0292. The van der Waals surface area contributed by atoms with E-state index in [1.165, 1.54) is 0 Å². The normalized spacial score (nSPS) is 25.4. The van der Waals surface area contributed by atoms with Gasteiger partial charge in [0.1, 0.15) is 11.6 Å². The molecule has 0 spiro atoms. The lowest BCUT2D eigenvalue weighted by Crippen LogP contribution is -2.52. The molecule has 1 aliphatic carbocycles. The van der Waals surface area contributed by atoms with Crippen LogP contribution in [0.4, 0.5) is 5.82 Å². The molecule has 22 heavy (non-hydrogen) atoms. The van der Waals surface area contributed by atoms with Crippen molar-refractivity contribution >= 4 is 11.7 Å². The monoisotopic (exact) mass is 304 g/mol. The number of hydrogen-bond donors (Lipinski definition) is 1. The van der Waals surface area contributed by atoms with E-state index in [1.54, 1.807) is 13.3 Å². The first-order valence-electron chi connectivity index (χ1n) is 7.98. The van der Waals surface area contributed by atoms with Gasteiger partial charge in [0.15, 0.2) is 0 Å². The van der Waals surface area contributed by atoms with Gasteiger partial charge >= 0.3 is 0 Å². The SMILES string of the molecule is COc1ccnc(N2CCN(C(=O)[C@H]3CCC[C@@H]3N)CC2)c1. The Labute approximate surface area is 131 Å². The van der Waals surface area contributed by atoms with Crippen LogP contribution >= 0.6 is 0 Å². The second-order valence-corrected chi connectivity index (χ2v) is 6.07. The largest absolute Gasteiger partial charge is 0.497 e. The summed E-state index contributed by atoms with van der Waals surface area (Å²) in [4.78, 5) is 21.1. The van der Waals surface area contributed by atoms with Crippen LogP contribution in [0.5, 0.6) is 5.75 Å². The van der Waals surface area contributed by atoms with Crippen molar-refractivity contribution in [1.82, 2.24) is 9.88 Å². The molecule has 1 amide bonds. The van der Waals surface area contributed by atoms with E-state index in [0.717, 1.165) is 57.0 Å². The summed E-state index contributed by atoms with van der Waals surface area (Å²) in [6.07, 6.45) is 4.75. The number of methoxy groups -OCH3 is 1. The molecule has 2 fully saturated rings. The number of aromatic nitrogens is 1. The van der Waals surface area contributed by atoms with Gasteiger partial charge in [0, 0.05) is 44.5 Å². The Morgan fingerprint density at radius 2 is 2.09 bits per heavy atom. The molecule has 1 aliphatic heterocycles. The third kappa shape index (κ3) is 3.02. The number of carbonyl (C=O) groups is 1. The molecule has 0 aromatic carbocycles. The quantitative estimate of drug-likeness (QED) is 0.897. The lowest BCUT2D eigenvalue weighted by Gasteiger charge is -2.37. The number of carbonyl (C=O) groups excluding carboxylic acids is 1. The Hall–Kier alpha value is -1.82. The summed E-state index contributed by atoms with van der Waals surface area (Å²) in [6.45, 7) is 3.07. The van der Waals surface area contributed by atoms with E-state index < -0.39 is 0 Å². The minimum atomic E-state index is 0.0292. The molecular weight excluding hydrogens is 280 g/mol. The minimum Gasteiger partial charge on any atom is -0.497 e. The van der Waals surface area contributed by atoms with Gasteiger partial charge in [-0.1, -0.05) is 6.42 Å². The third-order valence-corrected chi connectivity index (χ3v) is 4.75. The predicted molar refractivity (Wildman–Crippen MR) is 84.9 cm³/mol. The number of anilines is 1. The van der Waals surface area contributed by atoms with Crippen LogP contribution in [0.1, 0.15) is 19.3 Å². The molecule has 2 aliphatic rings. The van der Waals surface area contributed by atoms with Crippen molar-refractivity contribution in [3.63, 3.8) is 0 Å². The van der Waals surface area contributed by atoms with Gasteiger partial charge in [0.2, 0.25) is 5.91 Å². The molecule has 1 aromatic rings. The molecule has 6 heteroatoms. The predicted octanol–water partition coefficient (Wildman–Crippen LogP) is 0.866. The van der Waals surface area contributed by atoms with Crippen LogP contribution < -0.4 is 15.4 Å². The van der Waals surface area contributed by atoms with E-state index in [0.29, 0.717) is 0 Å². The fourth-order valence-corrected chi connectivity index (χ4v) is 3.39. The van der Waals surface area contributed by atoms with Crippen LogP contribution in [-0.4, -0.2) is 55.1 Å². The molecule has 0 radical (unpaired) electrons. The zero-order chi connectivity index (χ0) is 15.5. The molecular formula is C16H24N4O2. The summed E-state index contributed by atoms with van der Waals surface area (Å²) in [6, 6.07) is 3.82. The zero-order valence-electron chi connectivity index (χ0n) is 13.1. The van der Waals surface area contributed by atoms with Crippen molar-refractivity contribution in [3.05, 3.63) is 18.3 Å². The molecule has 120 valence electrons. The Bertz CT molecular complexity index is 529. The smallest absolute Gasteiger partial charge is 0.227 e. The first-order chi connectivity index (χ1) is 10.7. The number of nitrogens with zero attached hydrogens (tertiary/aromatic N) is 3.